The average Bonchev–Trinajstić information content (AvgIpc) is 2.71. The Morgan fingerprint density at radius 1 is 0.943 bits per heavy atom. The van der Waals surface area contributed by atoms with Gasteiger partial charge in [-0.2, -0.15) is 13.2 Å². The van der Waals surface area contributed by atoms with Crippen molar-refractivity contribution in [3.8, 4) is 0 Å². The Kier molecular flexibility index (Phi) is 8.12. The lowest BCUT2D eigenvalue weighted by Gasteiger charge is -2.22. The van der Waals surface area contributed by atoms with Crippen LogP contribution in [0.5, 0.6) is 0 Å². The number of hydrogen-bond donors (Lipinski definition) is 2. The van der Waals surface area contributed by atoms with Gasteiger partial charge in [0.1, 0.15) is 0 Å². The zero-order valence-electron chi connectivity index (χ0n) is 19.7. The molecular weight excluding hydrogens is 505 g/mol. The molecule has 2 aromatic rings. The second-order valence-electron chi connectivity index (χ2n) is 8.97. The fraction of sp³-hybridized carbons (Fsp3) is 0.348. The highest BCUT2D eigenvalue weighted by atomic mass is 32.2. The summed E-state index contributed by atoms with van der Waals surface area (Å²) >= 11 is 0. The summed E-state index contributed by atoms with van der Waals surface area (Å²) in [5, 5.41) is 2.35. The first-order valence-corrected chi connectivity index (χ1v) is 13.7. The fourth-order valence-corrected chi connectivity index (χ4v) is 4.63. The SMILES string of the molecule is C=C(CCNC(=O)c1ccc(C(C)(C)C)cc1NS(=O)(=O)c1ccc(S(C)(=O)=O)cc1)C(F)(F)F. The van der Waals surface area contributed by atoms with Crippen LogP contribution in [0.25, 0.3) is 0 Å². The molecule has 0 unspecified atom stereocenters. The molecule has 1 amide bonds. The lowest BCUT2D eigenvalue weighted by Crippen LogP contribution is -2.28. The van der Waals surface area contributed by atoms with Crippen LogP contribution in [0.3, 0.4) is 0 Å². The zero-order valence-corrected chi connectivity index (χ0v) is 21.3. The highest BCUT2D eigenvalue weighted by Gasteiger charge is 2.31. The van der Waals surface area contributed by atoms with Crippen LogP contribution in [0.4, 0.5) is 18.9 Å². The van der Waals surface area contributed by atoms with Crippen molar-refractivity contribution in [1.82, 2.24) is 5.32 Å². The van der Waals surface area contributed by atoms with Crippen molar-refractivity contribution in [2.24, 2.45) is 0 Å². The normalized spacial score (nSPS) is 12.8. The lowest BCUT2D eigenvalue weighted by molar-refractivity contribution is -0.0934. The van der Waals surface area contributed by atoms with Gasteiger partial charge in [0.2, 0.25) is 0 Å². The van der Waals surface area contributed by atoms with Gasteiger partial charge in [-0.1, -0.05) is 33.4 Å². The number of sulfonamides is 1. The van der Waals surface area contributed by atoms with E-state index in [-0.39, 0.29) is 27.6 Å². The van der Waals surface area contributed by atoms with E-state index in [0.29, 0.717) is 5.56 Å². The van der Waals surface area contributed by atoms with Gasteiger partial charge in [-0.3, -0.25) is 9.52 Å². The third-order valence-corrected chi connectivity index (χ3v) is 7.56. The molecule has 2 rings (SSSR count). The zero-order chi connectivity index (χ0) is 26.8. The third-order valence-electron chi connectivity index (χ3n) is 5.05. The molecule has 0 aliphatic carbocycles. The van der Waals surface area contributed by atoms with Gasteiger partial charge in [-0.25, -0.2) is 16.8 Å². The molecule has 0 atom stereocenters. The van der Waals surface area contributed by atoms with Crippen LogP contribution < -0.4 is 10.0 Å². The summed E-state index contributed by atoms with van der Waals surface area (Å²) in [6.45, 7) is 8.25. The van der Waals surface area contributed by atoms with Crippen LogP contribution >= 0.6 is 0 Å². The van der Waals surface area contributed by atoms with Gasteiger partial charge in [0.15, 0.2) is 9.84 Å². The van der Waals surface area contributed by atoms with E-state index >= 15 is 0 Å². The van der Waals surface area contributed by atoms with Crippen LogP contribution in [0.1, 0.15) is 43.1 Å². The molecule has 192 valence electrons. The van der Waals surface area contributed by atoms with E-state index in [1.165, 1.54) is 12.1 Å². The van der Waals surface area contributed by atoms with Gasteiger partial charge in [0.05, 0.1) is 21.0 Å². The Balaban J connectivity index is 2.38. The number of halogens is 3. The minimum atomic E-state index is -4.58. The van der Waals surface area contributed by atoms with E-state index in [1.807, 2.05) is 20.8 Å². The van der Waals surface area contributed by atoms with Gasteiger partial charge in [-0.15, -0.1) is 0 Å². The second kappa shape index (κ2) is 10.0. The number of alkyl halides is 3. The van der Waals surface area contributed by atoms with E-state index in [9.17, 15) is 34.8 Å². The van der Waals surface area contributed by atoms with E-state index < -0.39 is 49.4 Å². The molecule has 0 aliphatic rings. The van der Waals surface area contributed by atoms with E-state index in [4.69, 9.17) is 0 Å². The first-order valence-electron chi connectivity index (χ1n) is 10.3. The Bertz CT molecular complexity index is 1330. The first-order chi connectivity index (χ1) is 15.8. The topological polar surface area (TPSA) is 109 Å². The summed E-state index contributed by atoms with van der Waals surface area (Å²) in [6, 6.07) is 9.03. The Labute approximate surface area is 203 Å². The summed E-state index contributed by atoms with van der Waals surface area (Å²) in [5.74, 6) is -0.773. The lowest BCUT2D eigenvalue weighted by atomic mass is 9.86. The summed E-state index contributed by atoms with van der Waals surface area (Å²) in [7, 11) is -7.77. The number of anilines is 1. The summed E-state index contributed by atoms with van der Waals surface area (Å²) in [4.78, 5) is 12.4. The molecule has 0 radical (unpaired) electrons. The predicted molar refractivity (Wildman–Crippen MR) is 128 cm³/mol. The quantitative estimate of drug-likeness (QED) is 0.489. The van der Waals surface area contributed by atoms with Crippen LogP contribution in [0.2, 0.25) is 0 Å². The Morgan fingerprint density at radius 2 is 1.49 bits per heavy atom. The largest absolute Gasteiger partial charge is 0.412 e. The van der Waals surface area contributed by atoms with Crippen molar-refractivity contribution in [3.63, 3.8) is 0 Å². The highest BCUT2D eigenvalue weighted by Crippen LogP contribution is 2.30. The summed E-state index contributed by atoms with van der Waals surface area (Å²) in [6.07, 6.45) is -4.11. The molecule has 0 aromatic heterocycles. The molecule has 0 spiro atoms. The van der Waals surface area contributed by atoms with E-state index in [2.05, 4.69) is 16.6 Å². The molecule has 0 aliphatic heterocycles. The smallest absolute Gasteiger partial charge is 0.352 e. The standard InChI is InChI=1S/C23H27F3N2O5S2/c1-15(23(24,25)26)12-13-27-21(29)19-11-6-16(22(2,3)4)14-20(19)28-35(32,33)18-9-7-17(8-10-18)34(5,30)31/h6-11,14,28H,1,12-13H2,2-5H3,(H,27,29). The summed E-state index contributed by atoms with van der Waals surface area (Å²) in [5.41, 5.74) is -0.871. The van der Waals surface area contributed by atoms with Gasteiger partial charge >= 0.3 is 6.18 Å². The van der Waals surface area contributed by atoms with Crippen molar-refractivity contribution in [1.29, 1.82) is 0 Å². The fourth-order valence-electron chi connectivity index (χ4n) is 2.93. The number of carbonyl (C=O) groups is 1. The van der Waals surface area contributed by atoms with Gasteiger partial charge in [0.25, 0.3) is 15.9 Å². The number of carbonyl (C=O) groups excluding carboxylic acids is 1. The van der Waals surface area contributed by atoms with Crippen molar-refractivity contribution in [2.75, 3.05) is 17.5 Å². The third kappa shape index (κ3) is 7.56. The number of rotatable bonds is 8. The molecule has 0 bridgehead atoms. The number of nitrogens with one attached hydrogen (secondary N) is 2. The molecule has 0 saturated carbocycles. The van der Waals surface area contributed by atoms with Crippen LogP contribution in [-0.4, -0.2) is 41.7 Å². The molecule has 12 heteroatoms. The maximum absolute atomic E-state index is 13.0. The summed E-state index contributed by atoms with van der Waals surface area (Å²) < 4.78 is 89.5. The number of amides is 1. The molecule has 0 saturated heterocycles. The minimum absolute atomic E-state index is 0.0632. The minimum Gasteiger partial charge on any atom is -0.352 e. The highest BCUT2D eigenvalue weighted by molar-refractivity contribution is 7.92. The number of sulfone groups is 1. The molecule has 2 N–H and O–H groups in total. The van der Waals surface area contributed by atoms with Gasteiger partial charge < -0.3 is 5.32 Å². The molecule has 35 heavy (non-hydrogen) atoms. The first kappa shape index (κ1) is 28.4. The van der Waals surface area contributed by atoms with E-state index in [0.717, 1.165) is 30.5 Å². The van der Waals surface area contributed by atoms with Crippen molar-refractivity contribution in [2.45, 2.75) is 48.6 Å². The predicted octanol–water partition coefficient (Wildman–Crippen LogP) is 4.43. The van der Waals surface area contributed by atoms with Crippen molar-refractivity contribution in [3.05, 3.63) is 65.7 Å². The second-order valence-corrected chi connectivity index (χ2v) is 12.7. The van der Waals surface area contributed by atoms with Crippen LogP contribution in [-0.2, 0) is 25.3 Å². The maximum atomic E-state index is 13.0. The van der Waals surface area contributed by atoms with Gasteiger partial charge in [-0.05, 0) is 53.8 Å². The van der Waals surface area contributed by atoms with Crippen LogP contribution in [0, 0.1) is 0 Å². The maximum Gasteiger partial charge on any atom is 0.412 e. The molecular formula is C23H27F3N2O5S2. The van der Waals surface area contributed by atoms with Crippen molar-refractivity contribution >= 4 is 31.5 Å². The molecule has 7 nitrogen and oxygen atoms in total. The number of hydrogen-bond acceptors (Lipinski definition) is 5. The molecule has 2 aromatic carbocycles. The van der Waals surface area contributed by atoms with Crippen molar-refractivity contribution < 1.29 is 34.8 Å². The van der Waals surface area contributed by atoms with E-state index in [1.54, 1.807) is 6.07 Å². The monoisotopic (exact) mass is 532 g/mol. The number of benzene rings is 2. The van der Waals surface area contributed by atoms with Crippen LogP contribution in [0.15, 0.2) is 64.4 Å². The van der Waals surface area contributed by atoms with Gasteiger partial charge in [0, 0.05) is 18.4 Å². The molecule has 0 fully saturated rings. The Hall–Kier alpha value is -2.86. The molecule has 0 heterocycles. The average molecular weight is 533 g/mol. The Morgan fingerprint density at radius 3 is 1.97 bits per heavy atom.